The lowest BCUT2D eigenvalue weighted by molar-refractivity contribution is 0.209. The SMILES string of the molecule is Nc1nc(-n2nc(Cc3c(F)ccc(F)c3Cl)c3cc(F)ccc32)nc(N)c1NC(=O)O. The smallest absolute Gasteiger partial charge is 0.409 e. The second-order valence-corrected chi connectivity index (χ2v) is 7.00. The number of hydrogen-bond donors (Lipinski definition) is 4. The molecule has 2 heterocycles. The molecule has 4 aromatic rings. The van der Waals surface area contributed by atoms with Crippen LogP contribution >= 0.6 is 11.6 Å². The van der Waals surface area contributed by atoms with Crippen LogP contribution in [0.4, 0.5) is 35.3 Å². The predicted molar refractivity (Wildman–Crippen MR) is 111 cm³/mol. The standard InChI is InChI=1S/C19H13ClF3N7O2/c20-14-8(10(22)2-3-11(14)23)6-12-9-5-7(21)1-4-13(9)30(29-12)18-27-16(24)15(17(25)28-18)26-19(31)32/h1-5,26H,6H2,(H,31,32)(H4,24,25,27,28). The first-order valence-corrected chi connectivity index (χ1v) is 9.26. The van der Waals surface area contributed by atoms with Crippen LogP contribution in [-0.2, 0) is 6.42 Å². The van der Waals surface area contributed by atoms with Gasteiger partial charge in [0.25, 0.3) is 5.95 Å². The summed E-state index contributed by atoms with van der Waals surface area (Å²) >= 11 is 5.92. The van der Waals surface area contributed by atoms with E-state index >= 15 is 0 Å². The van der Waals surface area contributed by atoms with E-state index in [4.69, 9.17) is 28.2 Å². The van der Waals surface area contributed by atoms with Gasteiger partial charge >= 0.3 is 6.09 Å². The molecule has 0 fully saturated rings. The van der Waals surface area contributed by atoms with Crippen molar-refractivity contribution in [3.8, 4) is 5.95 Å². The summed E-state index contributed by atoms with van der Waals surface area (Å²) in [7, 11) is 0. The Hall–Kier alpha value is -4.06. The fourth-order valence-electron chi connectivity index (χ4n) is 3.15. The van der Waals surface area contributed by atoms with Gasteiger partial charge in [-0.1, -0.05) is 11.6 Å². The molecule has 0 saturated carbocycles. The monoisotopic (exact) mass is 463 g/mol. The van der Waals surface area contributed by atoms with Crippen molar-refractivity contribution < 1.29 is 23.1 Å². The van der Waals surface area contributed by atoms with Crippen LogP contribution in [0, 0.1) is 17.5 Å². The maximum absolute atomic E-state index is 14.3. The van der Waals surface area contributed by atoms with Crippen LogP contribution in [0.2, 0.25) is 5.02 Å². The van der Waals surface area contributed by atoms with Crippen molar-refractivity contribution in [1.29, 1.82) is 0 Å². The lowest BCUT2D eigenvalue weighted by atomic mass is 10.1. The number of benzene rings is 2. The summed E-state index contributed by atoms with van der Waals surface area (Å²) in [5.41, 5.74) is 11.7. The third-order valence-electron chi connectivity index (χ3n) is 4.58. The zero-order valence-corrected chi connectivity index (χ0v) is 16.7. The van der Waals surface area contributed by atoms with Crippen molar-refractivity contribution in [2.24, 2.45) is 0 Å². The lowest BCUT2D eigenvalue weighted by Gasteiger charge is -2.10. The van der Waals surface area contributed by atoms with Crippen molar-refractivity contribution in [1.82, 2.24) is 19.7 Å². The van der Waals surface area contributed by atoms with Gasteiger partial charge in [-0.05, 0) is 30.3 Å². The third kappa shape index (κ3) is 3.71. The third-order valence-corrected chi connectivity index (χ3v) is 4.98. The predicted octanol–water partition coefficient (Wildman–Crippen LogP) is 3.73. The number of nitrogen functional groups attached to an aromatic ring is 2. The second kappa shape index (κ2) is 7.89. The Labute approximate surface area is 182 Å². The summed E-state index contributed by atoms with van der Waals surface area (Å²) in [4.78, 5) is 18.9. The van der Waals surface area contributed by atoms with Crippen molar-refractivity contribution in [2.75, 3.05) is 16.8 Å². The Kier molecular flexibility index (Phi) is 5.22. The molecule has 9 nitrogen and oxygen atoms in total. The summed E-state index contributed by atoms with van der Waals surface area (Å²) in [5, 5.41) is 15.0. The quantitative estimate of drug-likeness (QED) is 0.337. The fraction of sp³-hybridized carbons (Fsp3) is 0.0526. The largest absolute Gasteiger partial charge is 0.465 e. The molecule has 0 spiro atoms. The number of carboxylic acid groups (broad SMARTS) is 1. The first-order chi connectivity index (χ1) is 15.2. The van der Waals surface area contributed by atoms with Crippen LogP contribution in [0.15, 0.2) is 30.3 Å². The zero-order valence-electron chi connectivity index (χ0n) is 15.9. The molecule has 1 amide bonds. The highest BCUT2D eigenvalue weighted by Gasteiger charge is 2.21. The minimum absolute atomic E-state index is 0.149. The Morgan fingerprint density at radius 3 is 2.41 bits per heavy atom. The van der Waals surface area contributed by atoms with E-state index in [9.17, 15) is 18.0 Å². The summed E-state index contributed by atoms with van der Waals surface area (Å²) < 4.78 is 43.3. The Morgan fingerprint density at radius 1 is 1.09 bits per heavy atom. The minimum atomic E-state index is -1.42. The van der Waals surface area contributed by atoms with Crippen LogP contribution in [-0.4, -0.2) is 30.9 Å². The number of anilines is 3. The van der Waals surface area contributed by atoms with E-state index in [0.29, 0.717) is 5.52 Å². The molecule has 0 aliphatic rings. The maximum atomic E-state index is 14.3. The van der Waals surface area contributed by atoms with Gasteiger partial charge in [0, 0.05) is 17.4 Å². The topological polar surface area (TPSA) is 145 Å². The number of halogens is 4. The fourth-order valence-corrected chi connectivity index (χ4v) is 3.37. The number of fused-ring (bicyclic) bond motifs is 1. The van der Waals surface area contributed by atoms with E-state index in [2.05, 4.69) is 15.1 Å². The van der Waals surface area contributed by atoms with Gasteiger partial charge in [0.15, 0.2) is 11.6 Å². The molecule has 0 radical (unpaired) electrons. The molecular weight excluding hydrogens is 451 g/mol. The molecule has 0 bridgehead atoms. The Bertz CT molecular complexity index is 1370. The lowest BCUT2D eigenvalue weighted by Crippen LogP contribution is -2.16. The summed E-state index contributed by atoms with van der Waals surface area (Å²) in [5.74, 6) is -2.87. The number of amides is 1. The van der Waals surface area contributed by atoms with E-state index in [-0.39, 0.29) is 46.3 Å². The van der Waals surface area contributed by atoms with Gasteiger partial charge in [0.1, 0.15) is 23.1 Å². The Balaban J connectivity index is 1.88. The summed E-state index contributed by atoms with van der Waals surface area (Å²) in [6.45, 7) is 0. The van der Waals surface area contributed by atoms with Crippen molar-refractivity contribution >= 4 is 45.9 Å². The summed E-state index contributed by atoms with van der Waals surface area (Å²) in [6.07, 6.45) is -1.69. The number of aromatic nitrogens is 4. The first-order valence-electron chi connectivity index (χ1n) is 8.88. The molecule has 6 N–H and O–H groups in total. The molecule has 0 aliphatic carbocycles. The van der Waals surface area contributed by atoms with E-state index in [0.717, 1.165) is 24.3 Å². The number of rotatable bonds is 4. The highest BCUT2D eigenvalue weighted by Crippen LogP contribution is 2.30. The maximum Gasteiger partial charge on any atom is 0.409 e. The van der Waals surface area contributed by atoms with Crippen LogP contribution in [0.25, 0.3) is 16.9 Å². The van der Waals surface area contributed by atoms with E-state index in [1.807, 2.05) is 5.32 Å². The highest BCUT2D eigenvalue weighted by atomic mass is 35.5. The summed E-state index contributed by atoms with van der Waals surface area (Å²) in [6, 6.07) is 5.52. The molecular formula is C19H13ClF3N7O2. The van der Waals surface area contributed by atoms with Gasteiger partial charge in [-0.3, -0.25) is 5.32 Å². The van der Waals surface area contributed by atoms with Gasteiger partial charge in [0.05, 0.1) is 16.2 Å². The molecule has 0 saturated heterocycles. The average Bonchev–Trinajstić information content (AvgIpc) is 3.08. The van der Waals surface area contributed by atoms with E-state index in [1.165, 1.54) is 10.7 Å². The number of nitrogens with zero attached hydrogens (tertiary/aromatic N) is 4. The molecule has 0 unspecified atom stereocenters. The molecule has 13 heteroatoms. The van der Waals surface area contributed by atoms with Crippen molar-refractivity contribution in [3.63, 3.8) is 0 Å². The van der Waals surface area contributed by atoms with E-state index < -0.39 is 28.6 Å². The normalized spacial score (nSPS) is 11.1. The average molecular weight is 464 g/mol. The molecule has 2 aromatic carbocycles. The minimum Gasteiger partial charge on any atom is -0.465 e. The molecule has 0 atom stereocenters. The molecule has 32 heavy (non-hydrogen) atoms. The highest BCUT2D eigenvalue weighted by molar-refractivity contribution is 6.31. The number of hydrogen-bond acceptors (Lipinski definition) is 6. The number of carbonyl (C=O) groups is 1. The van der Waals surface area contributed by atoms with Gasteiger partial charge in [-0.2, -0.15) is 19.7 Å². The van der Waals surface area contributed by atoms with Crippen LogP contribution < -0.4 is 16.8 Å². The first kappa shape index (κ1) is 21.2. The number of nitrogens with two attached hydrogens (primary N) is 2. The van der Waals surface area contributed by atoms with E-state index in [1.54, 1.807) is 0 Å². The molecule has 164 valence electrons. The van der Waals surface area contributed by atoms with Crippen LogP contribution in [0.1, 0.15) is 11.3 Å². The molecule has 4 rings (SSSR count). The molecule has 2 aromatic heterocycles. The van der Waals surface area contributed by atoms with Gasteiger partial charge in [-0.15, -0.1) is 0 Å². The second-order valence-electron chi connectivity index (χ2n) is 6.62. The van der Waals surface area contributed by atoms with Crippen molar-refractivity contribution in [2.45, 2.75) is 6.42 Å². The zero-order chi connectivity index (χ0) is 23.2. The van der Waals surface area contributed by atoms with Gasteiger partial charge in [0.2, 0.25) is 0 Å². The van der Waals surface area contributed by atoms with Crippen LogP contribution in [0.5, 0.6) is 0 Å². The van der Waals surface area contributed by atoms with Gasteiger partial charge in [-0.25, -0.2) is 18.0 Å². The van der Waals surface area contributed by atoms with Gasteiger partial charge < -0.3 is 16.6 Å². The molecule has 0 aliphatic heterocycles. The number of nitrogens with one attached hydrogen (secondary N) is 1. The van der Waals surface area contributed by atoms with Crippen LogP contribution in [0.3, 0.4) is 0 Å². The Morgan fingerprint density at radius 2 is 1.75 bits per heavy atom. The van der Waals surface area contributed by atoms with Crippen molar-refractivity contribution in [3.05, 3.63) is 64.1 Å².